The molecule has 0 saturated carbocycles. The largest absolute Gasteiger partial charge is 0.472 e. The second kappa shape index (κ2) is 12.1. The van der Waals surface area contributed by atoms with E-state index in [1.807, 2.05) is 21.1 Å². The van der Waals surface area contributed by atoms with Crippen LogP contribution in [0.4, 0.5) is 0 Å². The Labute approximate surface area is 140 Å². The maximum atomic E-state index is 11.9. The number of unbranched alkanes of at least 4 members (excludes halogenated alkanes) is 1. The smallest absolute Gasteiger partial charge is 0.375 e. The van der Waals surface area contributed by atoms with E-state index in [9.17, 15) is 9.46 Å². The summed E-state index contributed by atoms with van der Waals surface area (Å²) in [5.74, 6) is 0. The molecule has 0 aliphatic rings. The molecule has 23 heavy (non-hydrogen) atoms. The Morgan fingerprint density at radius 2 is 1.91 bits per heavy atom. The molecule has 1 N–H and O–H groups in total. The Morgan fingerprint density at radius 3 is 2.48 bits per heavy atom. The number of rotatable bonds is 15. The number of quaternary nitrogens is 1. The van der Waals surface area contributed by atoms with Gasteiger partial charge in [-0.1, -0.05) is 19.4 Å². The molecule has 0 aromatic carbocycles. The highest BCUT2D eigenvalue weighted by atomic mass is 31.2. The minimum absolute atomic E-state index is 0.0565. The molecule has 2 atom stereocenters. The highest BCUT2D eigenvalue weighted by Crippen LogP contribution is 2.43. The summed E-state index contributed by atoms with van der Waals surface area (Å²) >= 11 is 0. The summed E-state index contributed by atoms with van der Waals surface area (Å²) in [6.07, 6.45) is 3.14. The van der Waals surface area contributed by atoms with Crippen LogP contribution in [-0.2, 0) is 23.1 Å². The van der Waals surface area contributed by atoms with Crippen molar-refractivity contribution in [1.29, 1.82) is 0 Å². The Kier molecular flexibility index (Phi) is 12.0. The first-order valence-electron chi connectivity index (χ1n) is 7.92. The van der Waals surface area contributed by atoms with Crippen LogP contribution in [-0.4, -0.2) is 76.2 Å². The predicted molar refractivity (Wildman–Crippen MR) is 90.3 cm³/mol. The minimum Gasteiger partial charge on any atom is -0.375 e. The van der Waals surface area contributed by atoms with Crippen LogP contribution < -0.4 is 0 Å². The molecule has 0 spiro atoms. The van der Waals surface area contributed by atoms with Gasteiger partial charge in [-0.25, -0.2) is 4.57 Å². The number of nitrogens with zero attached hydrogens (tertiary/aromatic N) is 1. The van der Waals surface area contributed by atoms with E-state index in [2.05, 4.69) is 13.5 Å². The normalized spacial score (nSPS) is 16.0. The summed E-state index contributed by atoms with van der Waals surface area (Å²) in [6.45, 7) is 7.54. The number of ether oxygens (including phenoxy) is 2. The van der Waals surface area contributed by atoms with Crippen molar-refractivity contribution in [3.63, 3.8) is 0 Å². The summed E-state index contributed by atoms with van der Waals surface area (Å²) in [5.41, 5.74) is 0. The van der Waals surface area contributed by atoms with Crippen LogP contribution in [0, 0.1) is 0 Å². The van der Waals surface area contributed by atoms with E-state index in [-0.39, 0.29) is 19.8 Å². The van der Waals surface area contributed by atoms with Crippen molar-refractivity contribution in [3.05, 3.63) is 12.7 Å². The molecular weight excluding hydrogens is 321 g/mol. The van der Waals surface area contributed by atoms with Gasteiger partial charge >= 0.3 is 7.82 Å². The van der Waals surface area contributed by atoms with Gasteiger partial charge in [0.05, 0.1) is 41.0 Å². The molecule has 8 heteroatoms. The molecule has 0 bridgehead atoms. The van der Waals surface area contributed by atoms with Crippen LogP contribution in [0.25, 0.3) is 0 Å². The lowest BCUT2D eigenvalue weighted by atomic mass is 10.3. The molecule has 0 saturated heterocycles. The van der Waals surface area contributed by atoms with Gasteiger partial charge in [0, 0.05) is 6.61 Å². The third-order valence-electron chi connectivity index (χ3n) is 2.83. The summed E-state index contributed by atoms with van der Waals surface area (Å²) in [5, 5.41) is 0. The standard InChI is InChI=1S/C15H32NO6P/c1-6-8-11-20-15(13-19-10-7-2)14-22-23(17,18)21-12-9-16(3,4)5/h7,15H,2,6,8-14H2,1,3-5H3/p+1. The van der Waals surface area contributed by atoms with E-state index < -0.39 is 13.9 Å². The van der Waals surface area contributed by atoms with Gasteiger partial charge in [-0.3, -0.25) is 9.05 Å². The van der Waals surface area contributed by atoms with Crippen molar-refractivity contribution in [3.8, 4) is 0 Å². The molecule has 0 radical (unpaired) electrons. The maximum absolute atomic E-state index is 11.9. The average molecular weight is 354 g/mol. The van der Waals surface area contributed by atoms with Gasteiger partial charge in [0.2, 0.25) is 0 Å². The van der Waals surface area contributed by atoms with Crippen LogP contribution in [0.15, 0.2) is 12.7 Å². The highest BCUT2D eigenvalue weighted by molar-refractivity contribution is 7.47. The lowest BCUT2D eigenvalue weighted by Crippen LogP contribution is -2.37. The SMILES string of the molecule is C=CCOCC(COP(=O)(O)OCC[N+](C)(C)C)OCCCC. The molecule has 7 nitrogen and oxygen atoms in total. The van der Waals surface area contributed by atoms with E-state index in [0.717, 1.165) is 12.8 Å². The van der Waals surface area contributed by atoms with Crippen LogP contribution in [0.2, 0.25) is 0 Å². The monoisotopic (exact) mass is 354 g/mol. The predicted octanol–water partition coefficient (Wildman–Crippen LogP) is 2.21. The minimum atomic E-state index is -4.08. The molecule has 0 rings (SSSR count). The van der Waals surface area contributed by atoms with Crippen molar-refractivity contribution >= 4 is 7.82 Å². The van der Waals surface area contributed by atoms with Crippen molar-refractivity contribution in [1.82, 2.24) is 0 Å². The molecule has 0 aromatic rings. The molecule has 2 unspecified atom stereocenters. The van der Waals surface area contributed by atoms with Crippen molar-refractivity contribution < 1.29 is 32.5 Å². The van der Waals surface area contributed by atoms with E-state index in [1.165, 1.54) is 0 Å². The first-order chi connectivity index (χ1) is 10.7. The summed E-state index contributed by atoms with van der Waals surface area (Å²) in [6, 6.07) is 0. The van der Waals surface area contributed by atoms with Crippen LogP contribution in [0.5, 0.6) is 0 Å². The van der Waals surface area contributed by atoms with E-state index in [0.29, 0.717) is 24.2 Å². The van der Waals surface area contributed by atoms with E-state index >= 15 is 0 Å². The zero-order chi connectivity index (χ0) is 17.8. The molecule has 138 valence electrons. The van der Waals surface area contributed by atoms with Crippen molar-refractivity contribution in [2.24, 2.45) is 0 Å². The number of phosphoric ester groups is 1. The highest BCUT2D eigenvalue weighted by Gasteiger charge is 2.24. The van der Waals surface area contributed by atoms with Crippen LogP contribution in [0.3, 0.4) is 0 Å². The number of hydrogen-bond acceptors (Lipinski definition) is 5. The zero-order valence-electron chi connectivity index (χ0n) is 14.9. The first kappa shape index (κ1) is 22.7. The fraction of sp³-hybridized carbons (Fsp3) is 0.867. The molecule has 0 aromatic heterocycles. The van der Waals surface area contributed by atoms with Crippen molar-refractivity contribution in [2.75, 3.05) is 60.7 Å². The summed E-state index contributed by atoms with van der Waals surface area (Å²) in [4.78, 5) is 9.69. The molecule has 0 heterocycles. The quantitative estimate of drug-likeness (QED) is 0.210. The number of likely N-dealkylation sites (N-methyl/N-ethyl adjacent to an activating group) is 1. The summed E-state index contributed by atoms with van der Waals surface area (Å²) < 4.78 is 33.4. The third-order valence-corrected chi connectivity index (χ3v) is 3.82. The molecule has 0 fully saturated rings. The van der Waals surface area contributed by atoms with Gasteiger partial charge < -0.3 is 18.9 Å². The third kappa shape index (κ3) is 15.0. The second-order valence-corrected chi connectivity index (χ2v) is 7.74. The molecule has 0 amide bonds. The average Bonchev–Trinajstić information content (AvgIpc) is 2.43. The Bertz CT molecular complexity index is 358. The number of phosphoric acid groups is 1. The lowest BCUT2D eigenvalue weighted by Gasteiger charge is -2.24. The van der Waals surface area contributed by atoms with Gasteiger partial charge in [-0.15, -0.1) is 6.58 Å². The fourth-order valence-electron chi connectivity index (χ4n) is 1.47. The Morgan fingerprint density at radius 1 is 1.22 bits per heavy atom. The molecule has 0 aliphatic carbocycles. The second-order valence-electron chi connectivity index (χ2n) is 6.28. The Hall–Kier alpha value is -0.270. The number of hydrogen-bond donors (Lipinski definition) is 1. The lowest BCUT2D eigenvalue weighted by molar-refractivity contribution is -0.870. The first-order valence-corrected chi connectivity index (χ1v) is 9.42. The topological polar surface area (TPSA) is 74.2 Å². The maximum Gasteiger partial charge on any atom is 0.472 e. The van der Waals surface area contributed by atoms with Gasteiger partial charge in [0.1, 0.15) is 19.3 Å². The van der Waals surface area contributed by atoms with Crippen LogP contribution in [0.1, 0.15) is 19.8 Å². The van der Waals surface area contributed by atoms with Gasteiger partial charge in [0.25, 0.3) is 0 Å². The van der Waals surface area contributed by atoms with Gasteiger partial charge in [0.15, 0.2) is 0 Å². The van der Waals surface area contributed by atoms with Crippen LogP contribution >= 0.6 is 7.82 Å². The molecule has 0 aliphatic heterocycles. The Balaban J connectivity index is 4.21. The summed E-state index contributed by atoms with van der Waals surface area (Å²) in [7, 11) is 1.84. The van der Waals surface area contributed by atoms with Crippen molar-refractivity contribution in [2.45, 2.75) is 25.9 Å². The fourth-order valence-corrected chi connectivity index (χ4v) is 2.21. The van der Waals surface area contributed by atoms with Gasteiger partial charge in [-0.2, -0.15) is 0 Å². The van der Waals surface area contributed by atoms with Gasteiger partial charge in [-0.05, 0) is 6.42 Å². The van der Waals surface area contributed by atoms with E-state index in [1.54, 1.807) is 6.08 Å². The molecular formula is C15H33NO6P+. The van der Waals surface area contributed by atoms with E-state index in [4.69, 9.17) is 18.5 Å². The zero-order valence-corrected chi connectivity index (χ0v) is 15.8.